The Morgan fingerprint density at radius 2 is 2.31 bits per heavy atom. The zero-order valence-corrected chi connectivity index (χ0v) is 9.38. The van der Waals surface area contributed by atoms with Gasteiger partial charge in [-0.15, -0.1) is 0 Å². The lowest BCUT2D eigenvalue weighted by molar-refractivity contribution is -0.119. The van der Waals surface area contributed by atoms with Gasteiger partial charge in [-0.2, -0.15) is 0 Å². The molecule has 4 nitrogen and oxygen atoms in total. The van der Waals surface area contributed by atoms with E-state index in [0.29, 0.717) is 16.3 Å². The molecule has 1 aromatic rings. The predicted molar refractivity (Wildman–Crippen MR) is 58.9 cm³/mol. The summed E-state index contributed by atoms with van der Waals surface area (Å²) in [5.41, 5.74) is 0.453. The molecule has 1 N–H and O–H groups in total. The third-order valence-corrected chi connectivity index (χ3v) is 2.54. The van der Waals surface area contributed by atoms with Crippen molar-refractivity contribution in [3.63, 3.8) is 0 Å². The number of fused-ring (bicyclic) bond motifs is 1. The molecule has 1 aliphatic heterocycles. The molecule has 5 heteroatoms. The molecular weight excluding hydrogens is 230 g/mol. The van der Waals surface area contributed by atoms with E-state index >= 15 is 0 Å². The number of hydrogen-bond donors (Lipinski definition) is 1. The van der Waals surface area contributed by atoms with Crippen LogP contribution >= 0.6 is 11.6 Å². The van der Waals surface area contributed by atoms with E-state index in [1.165, 1.54) is 6.92 Å². The molecule has 0 saturated heterocycles. The van der Waals surface area contributed by atoms with E-state index < -0.39 is 6.04 Å². The molecule has 0 spiro atoms. The van der Waals surface area contributed by atoms with Crippen molar-refractivity contribution in [2.75, 3.05) is 6.61 Å². The van der Waals surface area contributed by atoms with Gasteiger partial charge in [-0.25, -0.2) is 0 Å². The number of ether oxygens (including phenoxy) is 1. The Hall–Kier alpha value is -1.55. The zero-order valence-electron chi connectivity index (χ0n) is 8.62. The first-order valence-electron chi connectivity index (χ1n) is 4.81. The van der Waals surface area contributed by atoms with Gasteiger partial charge in [0.15, 0.2) is 5.78 Å². The lowest BCUT2D eigenvalue weighted by Crippen LogP contribution is -2.46. The summed E-state index contributed by atoms with van der Waals surface area (Å²) in [6, 6.07) is 4.22. The van der Waals surface area contributed by atoms with Crippen LogP contribution in [0.5, 0.6) is 5.75 Å². The molecule has 0 bridgehead atoms. The summed E-state index contributed by atoms with van der Waals surface area (Å²) in [7, 11) is 0. The van der Waals surface area contributed by atoms with Gasteiger partial charge in [0.2, 0.25) is 5.91 Å². The highest BCUT2D eigenvalue weighted by Gasteiger charge is 2.29. The summed E-state index contributed by atoms with van der Waals surface area (Å²) in [5.74, 6) is 0.0755. The SMILES string of the molecule is CC(=O)NC1COc2cc(Cl)ccc2C1=O. The van der Waals surface area contributed by atoms with Gasteiger partial charge in [0.25, 0.3) is 0 Å². The lowest BCUT2D eigenvalue weighted by atomic mass is 10.0. The van der Waals surface area contributed by atoms with Crippen molar-refractivity contribution in [3.05, 3.63) is 28.8 Å². The number of halogens is 1. The van der Waals surface area contributed by atoms with Gasteiger partial charge < -0.3 is 10.1 Å². The molecule has 0 aliphatic carbocycles. The maximum absolute atomic E-state index is 11.9. The van der Waals surface area contributed by atoms with Crippen molar-refractivity contribution < 1.29 is 14.3 Å². The second kappa shape index (κ2) is 4.14. The predicted octanol–water partition coefficient (Wildman–Crippen LogP) is 1.42. The van der Waals surface area contributed by atoms with Gasteiger partial charge in [-0.3, -0.25) is 9.59 Å². The van der Waals surface area contributed by atoms with Gasteiger partial charge in [-0.1, -0.05) is 11.6 Å². The largest absolute Gasteiger partial charge is 0.490 e. The standard InChI is InChI=1S/C11H10ClNO3/c1-6(14)13-9-5-16-10-4-7(12)2-3-8(10)11(9)15/h2-4,9H,5H2,1H3,(H,13,14). The molecule has 1 amide bonds. The summed E-state index contributed by atoms with van der Waals surface area (Å²) < 4.78 is 5.37. The quantitative estimate of drug-likeness (QED) is 0.807. The van der Waals surface area contributed by atoms with Crippen LogP contribution in [0.2, 0.25) is 5.02 Å². The zero-order chi connectivity index (χ0) is 11.7. The van der Waals surface area contributed by atoms with Crippen LogP contribution in [-0.4, -0.2) is 24.3 Å². The monoisotopic (exact) mass is 239 g/mol. The van der Waals surface area contributed by atoms with Crippen LogP contribution in [0.25, 0.3) is 0 Å². The molecular formula is C11H10ClNO3. The third-order valence-electron chi connectivity index (χ3n) is 2.31. The number of Topliss-reactive ketones (excluding diaryl/α,β-unsaturated/α-hetero) is 1. The molecule has 1 aliphatic rings. The van der Waals surface area contributed by atoms with Crippen molar-refractivity contribution in [1.29, 1.82) is 0 Å². The Morgan fingerprint density at radius 1 is 1.56 bits per heavy atom. The molecule has 1 aromatic carbocycles. The minimum atomic E-state index is -0.605. The Kier molecular flexibility index (Phi) is 2.83. The second-order valence-corrected chi connectivity index (χ2v) is 4.01. The Bertz CT molecular complexity index is 459. The average Bonchev–Trinajstić information content (AvgIpc) is 2.22. The maximum Gasteiger partial charge on any atom is 0.217 e. The topological polar surface area (TPSA) is 55.4 Å². The summed E-state index contributed by atoms with van der Waals surface area (Å²) >= 11 is 5.78. The van der Waals surface area contributed by atoms with Gasteiger partial charge in [-0.05, 0) is 18.2 Å². The Morgan fingerprint density at radius 3 is 3.00 bits per heavy atom. The fraction of sp³-hybridized carbons (Fsp3) is 0.273. The molecule has 0 saturated carbocycles. The minimum Gasteiger partial charge on any atom is -0.490 e. The van der Waals surface area contributed by atoms with Crippen LogP contribution in [0, 0.1) is 0 Å². The Balaban J connectivity index is 2.29. The van der Waals surface area contributed by atoms with Crippen molar-refractivity contribution in [3.8, 4) is 5.75 Å². The first kappa shape index (κ1) is 11.0. The van der Waals surface area contributed by atoms with Crippen molar-refractivity contribution in [2.24, 2.45) is 0 Å². The van der Waals surface area contributed by atoms with Crippen molar-refractivity contribution >= 4 is 23.3 Å². The number of benzene rings is 1. The number of ketones is 1. The van der Waals surface area contributed by atoms with Gasteiger partial charge in [0.1, 0.15) is 18.4 Å². The fourth-order valence-corrected chi connectivity index (χ4v) is 1.77. The molecule has 1 unspecified atom stereocenters. The normalized spacial score (nSPS) is 18.6. The first-order chi connectivity index (χ1) is 7.58. The highest BCUT2D eigenvalue weighted by molar-refractivity contribution is 6.31. The van der Waals surface area contributed by atoms with Crippen molar-refractivity contribution in [1.82, 2.24) is 5.32 Å². The van der Waals surface area contributed by atoms with E-state index in [0.717, 1.165) is 0 Å². The number of rotatable bonds is 1. The second-order valence-electron chi connectivity index (χ2n) is 3.57. The number of amides is 1. The number of nitrogens with one attached hydrogen (secondary N) is 1. The number of carbonyl (C=O) groups excluding carboxylic acids is 2. The molecule has 2 rings (SSSR count). The van der Waals surface area contributed by atoms with Crippen LogP contribution in [0.15, 0.2) is 18.2 Å². The highest BCUT2D eigenvalue weighted by atomic mass is 35.5. The number of carbonyl (C=O) groups is 2. The summed E-state index contributed by atoms with van der Waals surface area (Å²) in [6.45, 7) is 1.51. The van der Waals surface area contributed by atoms with E-state index in [9.17, 15) is 9.59 Å². The maximum atomic E-state index is 11.9. The summed E-state index contributed by atoms with van der Waals surface area (Å²) in [6.07, 6.45) is 0. The number of hydrogen-bond acceptors (Lipinski definition) is 3. The van der Waals surface area contributed by atoms with Crippen LogP contribution in [-0.2, 0) is 4.79 Å². The molecule has 1 heterocycles. The van der Waals surface area contributed by atoms with Gasteiger partial charge >= 0.3 is 0 Å². The van der Waals surface area contributed by atoms with E-state index in [4.69, 9.17) is 16.3 Å². The molecule has 84 valence electrons. The summed E-state index contributed by atoms with van der Waals surface area (Å²) in [5, 5.41) is 3.06. The van der Waals surface area contributed by atoms with Crippen LogP contribution in [0.4, 0.5) is 0 Å². The van der Waals surface area contributed by atoms with E-state index in [1.54, 1.807) is 18.2 Å². The fourth-order valence-electron chi connectivity index (χ4n) is 1.61. The average molecular weight is 240 g/mol. The van der Waals surface area contributed by atoms with E-state index in [-0.39, 0.29) is 18.3 Å². The molecule has 0 aromatic heterocycles. The van der Waals surface area contributed by atoms with Crippen LogP contribution in [0.3, 0.4) is 0 Å². The molecule has 0 radical (unpaired) electrons. The lowest BCUT2D eigenvalue weighted by Gasteiger charge is -2.24. The molecule has 0 fully saturated rings. The smallest absolute Gasteiger partial charge is 0.217 e. The highest BCUT2D eigenvalue weighted by Crippen LogP contribution is 2.27. The van der Waals surface area contributed by atoms with Crippen LogP contribution in [0.1, 0.15) is 17.3 Å². The van der Waals surface area contributed by atoms with Gasteiger partial charge in [0.05, 0.1) is 5.56 Å². The molecule has 1 atom stereocenters. The molecule has 16 heavy (non-hydrogen) atoms. The van der Waals surface area contributed by atoms with E-state index in [1.807, 2.05) is 0 Å². The first-order valence-corrected chi connectivity index (χ1v) is 5.19. The van der Waals surface area contributed by atoms with Gasteiger partial charge in [0, 0.05) is 11.9 Å². The van der Waals surface area contributed by atoms with Crippen molar-refractivity contribution in [2.45, 2.75) is 13.0 Å². The minimum absolute atomic E-state index is 0.145. The summed E-state index contributed by atoms with van der Waals surface area (Å²) in [4.78, 5) is 22.8. The van der Waals surface area contributed by atoms with Crippen LogP contribution < -0.4 is 10.1 Å². The Labute approximate surface area is 97.5 Å². The van der Waals surface area contributed by atoms with E-state index in [2.05, 4.69) is 5.32 Å². The third kappa shape index (κ3) is 2.02.